The fourth-order valence-corrected chi connectivity index (χ4v) is 3.84. The van der Waals surface area contributed by atoms with Crippen LogP contribution in [0.2, 0.25) is 0 Å². The Morgan fingerprint density at radius 1 is 1.09 bits per heavy atom. The largest absolute Gasteiger partial charge is 0.486 e. The van der Waals surface area contributed by atoms with E-state index in [0.29, 0.717) is 24.7 Å². The summed E-state index contributed by atoms with van der Waals surface area (Å²) in [6, 6.07) is 8.13. The zero-order chi connectivity index (χ0) is 23.4. The second-order valence-electron chi connectivity index (χ2n) is 6.66. The first kappa shape index (κ1) is 24.9. The van der Waals surface area contributed by atoms with Crippen molar-refractivity contribution in [3.05, 3.63) is 18.2 Å². The molecule has 1 amide bonds. The molecule has 0 atom stereocenters. The Hall–Kier alpha value is -3.35. The van der Waals surface area contributed by atoms with E-state index in [2.05, 4.69) is 4.72 Å². The van der Waals surface area contributed by atoms with E-state index in [-0.39, 0.29) is 50.2 Å². The van der Waals surface area contributed by atoms with E-state index in [1.54, 1.807) is 0 Å². The number of benzene rings is 1. The summed E-state index contributed by atoms with van der Waals surface area (Å²) < 4.78 is 42.9. The first-order valence-corrected chi connectivity index (χ1v) is 11.4. The van der Waals surface area contributed by atoms with E-state index >= 15 is 0 Å². The van der Waals surface area contributed by atoms with E-state index in [9.17, 15) is 18.0 Å². The van der Waals surface area contributed by atoms with Crippen LogP contribution >= 0.6 is 0 Å². The van der Waals surface area contributed by atoms with E-state index in [1.165, 1.54) is 23.1 Å². The van der Waals surface area contributed by atoms with Crippen LogP contribution in [0.1, 0.15) is 25.7 Å². The van der Waals surface area contributed by atoms with Crippen molar-refractivity contribution in [2.45, 2.75) is 30.6 Å². The van der Waals surface area contributed by atoms with Crippen molar-refractivity contribution in [2.75, 3.05) is 39.5 Å². The number of carbonyl (C=O) groups excluding carboxylic acids is 2. The molecule has 172 valence electrons. The van der Waals surface area contributed by atoms with Gasteiger partial charge in [-0.15, -0.1) is 0 Å². The highest BCUT2D eigenvalue weighted by atomic mass is 32.2. The summed E-state index contributed by atoms with van der Waals surface area (Å²) in [6.07, 6.45) is 0.292. The van der Waals surface area contributed by atoms with Crippen LogP contribution in [0.5, 0.6) is 11.5 Å². The summed E-state index contributed by atoms with van der Waals surface area (Å²) in [5, 5.41) is 17.3. The Balaban J connectivity index is 1.74. The molecule has 0 saturated heterocycles. The molecule has 0 fully saturated rings. The molecule has 0 aromatic heterocycles. The van der Waals surface area contributed by atoms with Gasteiger partial charge in [-0.25, -0.2) is 13.1 Å². The van der Waals surface area contributed by atoms with Gasteiger partial charge in [0.25, 0.3) is 5.91 Å². The minimum atomic E-state index is -3.80. The van der Waals surface area contributed by atoms with Crippen LogP contribution in [-0.2, 0) is 24.3 Å². The molecule has 0 aliphatic carbocycles. The van der Waals surface area contributed by atoms with Gasteiger partial charge < -0.3 is 19.1 Å². The van der Waals surface area contributed by atoms with Crippen LogP contribution < -0.4 is 14.2 Å². The molecular formula is C20H24N4O7S. The maximum absolute atomic E-state index is 12.4. The minimum Gasteiger partial charge on any atom is -0.486 e. The molecule has 0 bridgehead atoms. The molecule has 0 radical (unpaired) electrons. The number of amides is 1. The number of hydrogen-bond donors (Lipinski definition) is 1. The zero-order valence-corrected chi connectivity index (χ0v) is 18.2. The van der Waals surface area contributed by atoms with Crippen molar-refractivity contribution in [2.24, 2.45) is 0 Å². The van der Waals surface area contributed by atoms with Crippen molar-refractivity contribution < 1.29 is 32.2 Å². The number of esters is 1. The van der Waals surface area contributed by atoms with Crippen molar-refractivity contribution in [3.8, 4) is 23.6 Å². The van der Waals surface area contributed by atoms with E-state index in [0.717, 1.165) is 0 Å². The number of nitrogens with one attached hydrogen (secondary N) is 1. The average molecular weight is 465 g/mol. The summed E-state index contributed by atoms with van der Waals surface area (Å²) in [5.41, 5.74) is 0. The van der Waals surface area contributed by atoms with Crippen LogP contribution in [0.4, 0.5) is 0 Å². The summed E-state index contributed by atoms with van der Waals surface area (Å²) in [5.74, 6) is -0.321. The smallest absolute Gasteiger partial charge is 0.306 e. The predicted octanol–water partition coefficient (Wildman–Crippen LogP) is 0.715. The number of carbonyl (C=O) groups is 2. The molecule has 1 aromatic carbocycles. The molecule has 1 aliphatic rings. The lowest BCUT2D eigenvalue weighted by atomic mass is 10.3. The van der Waals surface area contributed by atoms with E-state index in [1.807, 2.05) is 12.1 Å². The van der Waals surface area contributed by atoms with Crippen molar-refractivity contribution in [3.63, 3.8) is 0 Å². The molecular weight excluding hydrogens is 440 g/mol. The number of sulfonamides is 1. The summed E-state index contributed by atoms with van der Waals surface area (Å²) in [7, 11) is -3.80. The Morgan fingerprint density at radius 3 is 2.41 bits per heavy atom. The Kier molecular flexibility index (Phi) is 9.73. The molecule has 1 aliphatic heterocycles. The highest BCUT2D eigenvalue weighted by Gasteiger charge is 2.19. The number of fused-ring (bicyclic) bond motifs is 1. The number of hydrogen-bond acceptors (Lipinski definition) is 9. The van der Waals surface area contributed by atoms with Gasteiger partial charge in [-0.05, 0) is 18.6 Å². The Morgan fingerprint density at radius 2 is 1.75 bits per heavy atom. The normalized spacial score (nSPS) is 12.3. The Bertz CT molecular complexity index is 980. The van der Waals surface area contributed by atoms with E-state index < -0.39 is 28.5 Å². The number of ether oxygens (including phenoxy) is 3. The van der Waals surface area contributed by atoms with E-state index in [4.69, 9.17) is 24.7 Å². The highest BCUT2D eigenvalue weighted by molar-refractivity contribution is 7.89. The maximum Gasteiger partial charge on any atom is 0.306 e. The molecule has 0 spiro atoms. The lowest BCUT2D eigenvalue weighted by Gasteiger charge is -2.20. The fourth-order valence-electron chi connectivity index (χ4n) is 2.75. The van der Waals surface area contributed by atoms with Gasteiger partial charge in [-0.2, -0.15) is 10.5 Å². The van der Waals surface area contributed by atoms with Crippen LogP contribution in [0, 0.1) is 22.7 Å². The molecule has 0 unspecified atom stereocenters. The quantitative estimate of drug-likeness (QED) is 0.347. The second-order valence-corrected chi connectivity index (χ2v) is 8.43. The standard InChI is InChI=1S/C20H24N4O7S/c21-7-2-10-24(11-3-8-22)19(25)15-31-20(26)4-1-9-23-32(27,28)16-5-6-17-18(14-16)30-13-12-29-17/h5-6,14,23H,1-4,9-13,15H2. The van der Waals surface area contributed by atoms with Gasteiger partial charge in [0, 0.05) is 32.1 Å². The predicted molar refractivity (Wildman–Crippen MR) is 110 cm³/mol. The highest BCUT2D eigenvalue weighted by Crippen LogP contribution is 2.32. The van der Waals surface area contributed by atoms with Gasteiger partial charge >= 0.3 is 5.97 Å². The molecule has 32 heavy (non-hydrogen) atoms. The third kappa shape index (κ3) is 7.72. The molecule has 12 heteroatoms. The maximum atomic E-state index is 12.4. The van der Waals surface area contributed by atoms with Gasteiger partial charge in [0.2, 0.25) is 10.0 Å². The van der Waals surface area contributed by atoms with Crippen LogP contribution in [0.25, 0.3) is 0 Å². The second kappa shape index (κ2) is 12.5. The zero-order valence-electron chi connectivity index (χ0n) is 17.4. The molecule has 0 saturated carbocycles. The summed E-state index contributed by atoms with van der Waals surface area (Å²) in [6.45, 7) is 0.529. The van der Waals surface area contributed by atoms with Crippen LogP contribution in [0.3, 0.4) is 0 Å². The first-order chi connectivity index (χ1) is 15.4. The minimum absolute atomic E-state index is 0.00369. The SMILES string of the molecule is N#CCCN(CCC#N)C(=O)COC(=O)CCCNS(=O)(=O)c1ccc2c(c1)OCCO2. The van der Waals surface area contributed by atoms with Crippen molar-refractivity contribution in [1.29, 1.82) is 10.5 Å². The van der Waals surface area contributed by atoms with Gasteiger partial charge in [0.1, 0.15) is 13.2 Å². The Labute approximate surface area is 186 Å². The lowest BCUT2D eigenvalue weighted by Crippen LogP contribution is -2.36. The van der Waals surface area contributed by atoms with Crippen molar-refractivity contribution >= 4 is 21.9 Å². The monoisotopic (exact) mass is 464 g/mol. The van der Waals surface area contributed by atoms with Gasteiger partial charge in [-0.3, -0.25) is 9.59 Å². The summed E-state index contributed by atoms with van der Waals surface area (Å²) >= 11 is 0. The number of nitrogens with zero attached hydrogens (tertiary/aromatic N) is 3. The molecule has 1 heterocycles. The van der Waals surface area contributed by atoms with Crippen LogP contribution in [0.15, 0.2) is 23.1 Å². The van der Waals surface area contributed by atoms with Crippen LogP contribution in [-0.4, -0.2) is 64.6 Å². The average Bonchev–Trinajstić information content (AvgIpc) is 2.80. The van der Waals surface area contributed by atoms with Crippen molar-refractivity contribution in [1.82, 2.24) is 9.62 Å². The number of rotatable bonds is 12. The van der Waals surface area contributed by atoms with Gasteiger partial charge in [0.05, 0.1) is 29.9 Å². The lowest BCUT2D eigenvalue weighted by molar-refractivity contribution is -0.152. The topological polar surface area (TPSA) is 159 Å². The molecule has 1 N–H and O–H groups in total. The third-order valence-electron chi connectivity index (χ3n) is 4.37. The molecule has 1 aromatic rings. The number of nitriles is 2. The molecule has 2 rings (SSSR count). The fraction of sp³-hybridized carbons (Fsp3) is 0.500. The third-order valence-corrected chi connectivity index (χ3v) is 5.83. The molecule has 11 nitrogen and oxygen atoms in total. The van der Waals surface area contributed by atoms with Gasteiger partial charge in [-0.1, -0.05) is 0 Å². The van der Waals surface area contributed by atoms with Gasteiger partial charge in [0.15, 0.2) is 18.1 Å². The first-order valence-electron chi connectivity index (χ1n) is 9.94. The summed E-state index contributed by atoms with van der Waals surface area (Å²) in [4.78, 5) is 25.3.